The lowest BCUT2D eigenvalue weighted by molar-refractivity contribution is 0.308. The van der Waals surface area contributed by atoms with E-state index in [1.165, 1.54) is 31.2 Å². The first-order valence-corrected chi connectivity index (χ1v) is 7.77. The molecule has 0 amide bonds. The van der Waals surface area contributed by atoms with Crippen molar-refractivity contribution in [2.24, 2.45) is 5.92 Å². The second-order valence-corrected chi connectivity index (χ2v) is 5.96. The van der Waals surface area contributed by atoms with Crippen LogP contribution in [0, 0.1) is 5.92 Å². The first-order valence-electron chi connectivity index (χ1n) is 7.36. The molecular weight excluding hydrogens is 268 g/mol. The minimum Gasteiger partial charge on any atom is -0.497 e. The lowest BCUT2D eigenvalue weighted by Crippen LogP contribution is -2.45. The topological polar surface area (TPSA) is 33.3 Å². The Bertz CT molecular complexity index is 450. The van der Waals surface area contributed by atoms with Crippen LogP contribution >= 0.6 is 12.2 Å². The van der Waals surface area contributed by atoms with Gasteiger partial charge in [-0.1, -0.05) is 31.9 Å². The molecule has 1 aliphatic rings. The summed E-state index contributed by atoms with van der Waals surface area (Å²) in [6.45, 7) is 3.03. The van der Waals surface area contributed by atoms with Crippen molar-refractivity contribution in [3.8, 4) is 5.75 Å². The van der Waals surface area contributed by atoms with Gasteiger partial charge in [-0.2, -0.15) is 0 Å². The monoisotopic (exact) mass is 292 g/mol. The Morgan fingerprint density at radius 2 is 2.15 bits per heavy atom. The zero-order valence-electron chi connectivity index (χ0n) is 12.3. The predicted molar refractivity (Wildman–Crippen MR) is 87.0 cm³/mol. The van der Waals surface area contributed by atoms with Crippen LogP contribution in [0.2, 0.25) is 0 Å². The average Bonchev–Trinajstić information content (AvgIpc) is 2.48. The minimum atomic E-state index is 0.522. The highest BCUT2D eigenvalue weighted by Gasteiger charge is 2.21. The van der Waals surface area contributed by atoms with Crippen molar-refractivity contribution < 1.29 is 4.74 Å². The maximum absolute atomic E-state index is 5.39. The number of thiocarbonyl (C=S) groups is 1. The summed E-state index contributed by atoms with van der Waals surface area (Å²) < 4.78 is 5.22. The van der Waals surface area contributed by atoms with Crippen LogP contribution in [0.15, 0.2) is 24.3 Å². The number of rotatable bonds is 4. The summed E-state index contributed by atoms with van der Waals surface area (Å²) in [7, 11) is 1.68. The molecule has 1 fully saturated rings. The van der Waals surface area contributed by atoms with Gasteiger partial charge in [-0.25, -0.2) is 0 Å². The maximum atomic E-state index is 5.39. The number of hydrogen-bond donors (Lipinski definition) is 2. The summed E-state index contributed by atoms with van der Waals surface area (Å²) in [4.78, 5) is 0. The molecule has 0 spiro atoms. The number of benzene rings is 1. The van der Waals surface area contributed by atoms with Crippen LogP contribution in [0.5, 0.6) is 5.75 Å². The van der Waals surface area contributed by atoms with Crippen molar-refractivity contribution in [2.45, 2.75) is 45.2 Å². The van der Waals surface area contributed by atoms with E-state index < -0.39 is 0 Å². The Hall–Kier alpha value is -1.29. The fourth-order valence-electron chi connectivity index (χ4n) is 2.71. The Morgan fingerprint density at radius 3 is 2.90 bits per heavy atom. The molecule has 0 heterocycles. The van der Waals surface area contributed by atoms with Gasteiger partial charge in [0.05, 0.1) is 7.11 Å². The highest BCUT2D eigenvalue weighted by Crippen LogP contribution is 2.23. The zero-order valence-corrected chi connectivity index (χ0v) is 13.1. The molecule has 1 aliphatic carbocycles. The van der Waals surface area contributed by atoms with E-state index in [0.29, 0.717) is 12.0 Å². The number of nitrogens with one attached hydrogen (secondary N) is 2. The lowest BCUT2D eigenvalue weighted by Gasteiger charge is -2.30. The predicted octanol–water partition coefficient (Wildman–Crippen LogP) is 3.24. The van der Waals surface area contributed by atoms with Gasteiger partial charge in [-0.3, -0.25) is 0 Å². The Labute approximate surface area is 127 Å². The van der Waals surface area contributed by atoms with E-state index in [1.807, 2.05) is 18.2 Å². The fraction of sp³-hybridized carbons (Fsp3) is 0.562. The molecule has 1 aromatic carbocycles. The number of ether oxygens (including phenoxy) is 1. The van der Waals surface area contributed by atoms with Crippen molar-refractivity contribution in [3.63, 3.8) is 0 Å². The highest BCUT2D eigenvalue weighted by molar-refractivity contribution is 7.80. The summed E-state index contributed by atoms with van der Waals surface area (Å²) in [5, 5.41) is 7.50. The molecular formula is C16H24N2OS. The first-order chi connectivity index (χ1) is 9.69. The van der Waals surface area contributed by atoms with Gasteiger partial charge < -0.3 is 15.4 Å². The maximum Gasteiger partial charge on any atom is 0.166 e. The molecule has 0 saturated heterocycles. The first kappa shape index (κ1) is 15.1. The summed E-state index contributed by atoms with van der Waals surface area (Å²) >= 11 is 5.39. The summed E-state index contributed by atoms with van der Waals surface area (Å²) in [5.41, 5.74) is 1.17. The molecule has 0 aromatic heterocycles. The molecule has 0 bridgehead atoms. The van der Waals surface area contributed by atoms with E-state index in [0.717, 1.165) is 17.4 Å². The third-order valence-corrected chi connectivity index (χ3v) is 4.28. The van der Waals surface area contributed by atoms with Crippen molar-refractivity contribution in [1.29, 1.82) is 0 Å². The van der Waals surface area contributed by atoms with Gasteiger partial charge >= 0.3 is 0 Å². The molecule has 2 N–H and O–H groups in total. The molecule has 110 valence electrons. The molecule has 4 heteroatoms. The van der Waals surface area contributed by atoms with Gasteiger partial charge in [-0.15, -0.1) is 0 Å². The van der Waals surface area contributed by atoms with Gasteiger partial charge in [0.2, 0.25) is 0 Å². The molecule has 0 aliphatic heterocycles. The van der Waals surface area contributed by atoms with E-state index in [1.54, 1.807) is 7.11 Å². The summed E-state index contributed by atoms with van der Waals surface area (Å²) in [5.74, 6) is 1.59. The molecule has 2 rings (SSSR count). The lowest BCUT2D eigenvalue weighted by atomic mass is 9.86. The quantitative estimate of drug-likeness (QED) is 0.835. The molecule has 3 nitrogen and oxygen atoms in total. The largest absolute Gasteiger partial charge is 0.497 e. The summed E-state index contributed by atoms with van der Waals surface area (Å²) in [6.07, 6.45) is 5.18. The van der Waals surface area contributed by atoms with Crippen LogP contribution in [0.1, 0.15) is 38.2 Å². The van der Waals surface area contributed by atoms with Crippen LogP contribution in [-0.2, 0) is 6.54 Å². The van der Waals surface area contributed by atoms with E-state index in [-0.39, 0.29) is 0 Å². The third-order valence-electron chi connectivity index (χ3n) is 4.02. The molecule has 0 unspecified atom stereocenters. The molecule has 1 aromatic rings. The molecule has 20 heavy (non-hydrogen) atoms. The fourth-order valence-corrected chi connectivity index (χ4v) is 2.94. The van der Waals surface area contributed by atoms with Crippen molar-refractivity contribution in [1.82, 2.24) is 10.6 Å². The average molecular weight is 292 g/mol. The van der Waals surface area contributed by atoms with Gasteiger partial charge in [0.25, 0.3) is 0 Å². The van der Waals surface area contributed by atoms with Crippen LogP contribution in [0.4, 0.5) is 0 Å². The van der Waals surface area contributed by atoms with E-state index in [9.17, 15) is 0 Å². The standard InChI is InChI=1S/C16H24N2OS/c1-12-6-3-4-9-15(12)18-16(20)17-11-13-7-5-8-14(10-13)19-2/h5,7-8,10,12,15H,3-4,6,9,11H2,1-2H3,(H2,17,18,20)/t12-,15+/m0/s1. The van der Waals surface area contributed by atoms with E-state index in [2.05, 4.69) is 23.6 Å². The summed E-state index contributed by atoms with van der Waals surface area (Å²) in [6, 6.07) is 8.56. The number of methoxy groups -OCH3 is 1. The highest BCUT2D eigenvalue weighted by atomic mass is 32.1. The van der Waals surface area contributed by atoms with Crippen LogP contribution < -0.4 is 15.4 Å². The van der Waals surface area contributed by atoms with Gasteiger partial charge in [0.15, 0.2) is 5.11 Å². The van der Waals surface area contributed by atoms with Crippen LogP contribution in [0.25, 0.3) is 0 Å². The molecule has 2 atom stereocenters. The van der Waals surface area contributed by atoms with E-state index >= 15 is 0 Å². The Morgan fingerprint density at radius 1 is 1.35 bits per heavy atom. The second kappa shape index (κ2) is 7.48. The van der Waals surface area contributed by atoms with Crippen molar-refractivity contribution in [3.05, 3.63) is 29.8 Å². The van der Waals surface area contributed by atoms with Gasteiger partial charge in [0.1, 0.15) is 5.75 Å². The third kappa shape index (κ3) is 4.37. The van der Waals surface area contributed by atoms with Crippen molar-refractivity contribution in [2.75, 3.05) is 7.11 Å². The smallest absolute Gasteiger partial charge is 0.166 e. The Balaban J connectivity index is 1.79. The SMILES string of the molecule is COc1cccc(CNC(=S)N[C@@H]2CCCC[C@@H]2C)c1. The van der Waals surface area contributed by atoms with Gasteiger partial charge in [-0.05, 0) is 48.7 Å². The minimum absolute atomic E-state index is 0.522. The second-order valence-electron chi connectivity index (χ2n) is 5.55. The van der Waals surface area contributed by atoms with E-state index in [4.69, 9.17) is 17.0 Å². The van der Waals surface area contributed by atoms with Crippen LogP contribution in [0.3, 0.4) is 0 Å². The zero-order chi connectivity index (χ0) is 14.4. The van der Waals surface area contributed by atoms with Crippen molar-refractivity contribution >= 4 is 17.3 Å². The Kier molecular flexibility index (Phi) is 5.65. The normalized spacial score (nSPS) is 22.1. The molecule has 0 radical (unpaired) electrons. The van der Waals surface area contributed by atoms with Crippen LogP contribution in [-0.4, -0.2) is 18.3 Å². The number of hydrogen-bond acceptors (Lipinski definition) is 2. The molecule has 1 saturated carbocycles. The van der Waals surface area contributed by atoms with Gasteiger partial charge in [0, 0.05) is 12.6 Å².